The second-order valence-corrected chi connectivity index (χ2v) is 5.89. The number of likely N-dealkylation sites (tertiary alicyclic amines) is 1. The number of carboxylic acids is 1. The lowest BCUT2D eigenvalue weighted by Gasteiger charge is -2.38. The number of benzene rings is 1. The minimum absolute atomic E-state index is 0.264. The fraction of sp³-hybridized carbons (Fsp3) is 0.533. The van der Waals surface area contributed by atoms with E-state index in [1.165, 1.54) is 12.1 Å². The van der Waals surface area contributed by atoms with Crippen molar-refractivity contribution in [1.29, 1.82) is 0 Å². The highest BCUT2D eigenvalue weighted by Gasteiger charge is 2.39. The van der Waals surface area contributed by atoms with Crippen molar-refractivity contribution in [3.63, 3.8) is 0 Å². The second-order valence-electron chi connectivity index (χ2n) is 5.45. The highest BCUT2D eigenvalue weighted by molar-refractivity contribution is 6.30. The van der Waals surface area contributed by atoms with Gasteiger partial charge in [-0.05, 0) is 50.6 Å². The molecule has 0 unspecified atom stereocenters. The van der Waals surface area contributed by atoms with Crippen LogP contribution in [0.1, 0.15) is 31.7 Å². The molecule has 1 aromatic rings. The predicted molar refractivity (Wildman–Crippen MR) is 76.3 cm³/mol. The van der Waals surface area contributed by atoms with Gasteiger partial charge in [0, 0.05) is 17.1 Å². The molecule has 110 valence electrons. The van der Waals surface area contributed by atoms with E-state index < -0.39 is 11.4 Å². The van der Waals surface area contributed by atoms with Crippen molar-refractivity contribution in [3.8, 4) is 0 Å². The van der Waals surface area contributed by atoms with Gasteiger partial charge in [-0.25, -0.2) is 4.39 Å². The van der Waals surface area contributed by atoms with E-state index in [0.29, 0.717) is 49.5 Å². The molecule has 1 saturated heterocycles. The largest absolute Gasteiger partial charge is 0.481 e. The number of hydrogen-bond acceptors (Lipinski definition) is 2. The SMILES string of the molecule is CCC1(C(=O)O)CCN(Cc2cc(Cl)ccc2F)CC1. The monoisotopic (exact) mass is 299 g/mol. The van der Waals surface area contributed by atoms with Crippen LogP contribution in [0, 0.1) is 11.2 Å². The molecule has 5 heteroatoms. The smallest absolute Gasteiger partial charge is 0.309 e. The molecule has 0 aliphatic carbocycles. The molecule has 20 heavy (non-hydrogen) atoms. The summed E-state index contributed by atoms with van der Waals surface area (Å²) >= 11 is 5.88. The molecule has 0 bridgehead atoms. The lowest BCUT2D eigenvalue weighted by atomic mass is 9.76. The number of piperidine rings is 1. The van der Waals surface area contributed by atoms with E-state index in [-0.39, 0.29) is 5.82 Å². The maximum atomic E-state index is 13.7. The summed E-state index contributed by atoms with van der Waals surface area (Å²) in [4.78, 5) is 13.5. The van der Waals surface area contributed by atoms with Crippen molar-refractivity contribution >= 4 is 17.6 Å². The number of nitrogens with zero attached hydrogens (tertiary/aromatic N) is 1. The normalized spacial score (nSPS) is 18.9. The van der Waals surface area contributed by atoms with E-state index in [2.05, 4.69) is 4.90 Å². The maximum absolute atomic E-state index is 13.7. The van der Waals surface area contributed by atoms with Gasteiger partial charge in [-0.2, -0.15) is 0 Å². The minimum atomic E-state index is -0.714. The van der Waals surface area contributed by atoms with Crippen LogP contribution in [0.25, 0.3) is 0 Å². The van der Waals surface area contributed by atoms with Crippen LogP contribution in [0.2, 0.25) is 5.02 Å². The average Bonchev–Trinajstić information content (AvgIpc) is 2.43. The van der Waals surface area contributed by atoms with Gasteiger partial charge in [-0.15, -0.1) is 0 Å². The summed E-state index contributed by atoms with van der Waals surface area (Å²) in [6.45, 7) is 3.74. The summed E-state index contributed by atoms with van der Waals surface area (Å²) in [6, 6.07) is 4.54. The number of hydrogen-bond donors (Lipinski definition) is 1. The predicted octanol–water partition coefficient (Wildman–Crippen LogP) is 3.56. The summed E-state index contributed by atoms with van der Waals surface area (Å²) in [7, 11) is 0. The number of halogens is 2. The Morgan fingerprint density at radius 1 is 1.45 bits per heavy atom. The van der Waals surface area contributed by atoms with Crippen LogP contribution in [0.4, 0.5) is 4.39 Å². The molecule has 0 saturated carbocycles. The van der Waals surface area contributed by atoms with Gasteiger partial charge in [0.25, 0.3) is 0 Å². The molecular weight excluding hydrogens is 281 g/mol. The van der Waals surface area contributed by atoms with Crippen molar-refractivity contribution < 1.29 is 14.3 Å². The van der Waals surface area contributed by atoms with Gasteiger partial charge < -0.3 is 5.11 Å². The Morgan fingerprint density at radius 3 is 2.65 bits per heavy atom. The third-order valence-corrected chi connectivity index (χ3v) is 4.58. The fourth-order valence-corrected chi connectivity index (χ4v) is 2.96. The number of rotatable bonds is 4. The van der Waals surface area contributed by atoms with Crippen LogP contribution in [-0.2, 0) is 11.3 Å². The van der Waals surface area contributed by atoms with Crippen molar-refractivity contribution in [1.82, 2.24) is 4.90 Å². The van der Waals surface area contributed by atoms with Crippen LogP contribution in [-0.4, -0.2) is 29.1 Å². The molecular formula is C15H19ClFNO2. The molecule has 0 amide bonds. The Balaban J connectivity index is 2.01. The number of carboxylic acid groups (broad SMARTS) is 1. The zero-order valence-electron chi connectivity index (χ0n) is 11.5. The van der Waals surface area contributed by atoms with Gasteiger partial charge in [0.15, 0.2) is 0 Å². The van der Waals surface area contributed by atoms with Crippen LogP contribution in [0.3, 0.4) is 0 Å². The molecule has 1 N–H and O–H groups in total. The highest BCUT2D eigenvalue weighted by Crippen LogP contribution is 2.35. The van der Waals surface area contributed by atoms with Crippen molar-refractivity contribution in [2.75, 3.05) is 13.1 Å². The molecule has 3 nitrogen and oxygen atoms in total. The van der Waals surface area contributed by atoms with E-state index >= 15 is 0 Å². The molecule has 1 aliphatic rings. The molecule has 1 aliphatic heterocycles. The Labute approximate surface area is 123 Å². The van der Waals surface area contributed by atoms with Crippen LogP contribution in [0.15, 0.2) is 18.2 Å². The average molecular weight is 300 g/mol. The molecule has 0 radical (unpaired) electrons. The van der Waals surface area contributed by atoms with Gasteiger partial charge in [-0.3, -0.25) is 9.69 Å². The van der Waals surface area contributed by atoms with E-state index in [9.17, 15) is 14.3 Å². The minimum Gasteiger partial charge on any atom is -0.481 e. The topological polar surface area (TPSA) is 40.5 Å². The maximum Gasteiger partial charge on any atom is 0.309 e. The highest BCUT2D eigenvalue weighted by atomic mass is 35.5. The number of aliphatic carboxylic acids is 1. The Morgan fingerprint density at radius 2 is 2.10 bits per heavy atom. The summed E-state index contributed by atoms with van der Waals surface area (Å²) in [6.07, 6.45) is 1.86. The van der Waals surface area contributed by atoms with Gasteiger partial charge in [0.1, 0.15) is 5.82 Å². The Hall–Kier alpha value is -1.13. The molecule has 0 aromatic heterocycles. The molecule has 1 heterocycles. The van der Waals surface area contributed by atoms with Crippen LogP contribution in [0.5, 0.6) is 0 Å². The molecule has 0 spiro atoms. The second kappa shape index (κ2) is 6.10. The third-order valence-electron chi connectivity index (χ3n) is 4.35. The van der Waals surface area contributed by atoms with Gasteiger partial charge >= 0.3 is 5.97 Å². The van der Waals surface area contributed by atoms with Gasteiger partial charge in [0.2, 0.25) is 0 Å². The van der Waals surface area contributed by atoms with E-state index in [1.54, 1.807) is 6.07 Å². The summed E-state index contributed by atoms with van der Waals surface area (Å²) in [5.41, 5.74) is -0.0413. The third kappa shape index (κ3) is 3.13. The molecule has 0 atom stereocenters. The first kappa shape index (κ1) is 15.3. The lowest BCUT2D eigenvalue weighted by molar-refractivity contribution is -0.152. The first-order valence-electron chi connectivity index (χ1n) is 6.86. The zero-order valence-corrected chi connectivity index (χ0v) is 12.3. The first-order chi connectivity index (χ1) is 9.47. The molecule has 2 rings (SSSR count). The first-order valence-corrected chi connectivity index (χ1v) is 7.24. The Kier molecular flexibility index (Phi) is 4.66. The molecule has 1 fully saturated rings. The van der Waals surface area contributed by atoms with Gasteiger partial charge in [-0.1, -0.05) is 18.5 Å². The van der Waals surface area contributed by atoms with Crippen molar-refractivity contribution in [3.05, 3.63) is 34.6 Å². The quantitative estimate of drug-likeness (QED) is 0.924. The van der Waals surface area contributed by atoms with Gasteiger partial charge in [0.05, 0.1) is 5.41 Å². The summed E-state index contributed by atoms with van der Waals surface area (Å²) in [5, 5.41) is 9.87. The van der Waals surface area contributed by atoms with Crippen molar-refractivity contribution in [2.24, 2.45) is 5.41 Å². The van der Waals surface area contributed by atoms with Crippen LogP contribution >= 0.6 is 11.6 Å². The molecule has 1 aromatic carbocycles. The fourth-order valence-electron chi connectivity index (χ4n) is 2.76. The summed E-state index contributed by atoms with van der Waals surface area (Å²) in [5.74, 6) is -0.978. The lowest BCUT2D eigenvalue weighted by Crippen LogP contribution is -2.43. The summed E-state index contributed by atoms with van der Waals surface area (Å²) < 4.78 is 13.7. The number of carbonyl (C=O) groups is 1. The standard InChI is InChI=1S/C15H19ClFNO2/c1-2-15(14(19)20)5-7-18(8-6-15)10-11-9-12(16)3-4-13(11)17/h3-4,9H,2,5-8,10H2,1H3,(H,19,20). The zero-order chi connectivity index (χ0) is 14.8. The van der Waals surface area contributed by atoms with E-state index in [1.807, 2.05) is 6.92 Å². The van der Waals surface area contributed by atoms with Crippen LogP contribution < -0.4 is 0 Å². The van der Waals surface area contributed by atoms with E-state index in [0.717, 1.165) is 0 Å². The Bertz CT molecular complexity index is 499. The van der Waals surface area contributed by atoms with E-state index in [4.69, 9.17) is 11.6 Å². The van der Waals surface area contributed by atoms with Crippen molar-refractivity contribution in [2.45, 2.75) is 32.7 Å².